The van der Waals surface area contributed by atoms with Crippen LogP contribution < -0.4 is 0 Å². The Morgan fingerprint density at radius 1 is 0.828 bits per heavy atom. The van der Waals surface area contributed by atoms with Gasteiger partial charge >= 0.3 is 0 Å². The zero-order chi connectivity index (χ0) is 20.1. The Balaban J connectivity index is 1.43. The first-order valence-corrected chi connectivity index (χ1v) is 10.7. The summed E-state index contributed by atoms with van der Waals surface area (Å²) in [4.78, 5) is 9.05. The summed E-state index contributed by atoms with van der Waals surface area (Å²) in [5.74, 6) is 2.34. The van der Waals surface area contributed by atoms with Crippen LogP contribution in [0.25, 0.3) is 22.5 Å². The van der Waals surface area contributed by atoms with Gasteiger partial charge in [-0.25, -0.2) is 9.97 Å². The molecule has 0 saturated heterocycles. The number of benzene rings is 2. The number of hydrogen-bond donors (Lipinski definition) is 0. The maximum Gasteiger partial charge on any atom is 0.159 e. The van der Waals surface area contributed by atoms with Gasteiger partial charge in [0.05, 0.1) is 11.6 Å². The SMILES string of the molecule is CCC[C@H]1CC[C@H](c2ccc(-c3cnc(-c4ccc(C#N)cc4)nc3)cc2)CC1. The lowest BCUT2D eigenvalue weighted by atomic mass is 9.77. The van der Waals surface area contributed by atoms with Gasteiger partial charge in [0.2, 0.25) is 0 Å². The van der Waals surface area contributed by atoms with E-state index in [9.17, 15) is 0 Å². The minimum Gasteiger partial charge on any atom is -0.236 e. The van der Waals surface area contributed by atoms with Crippen molar-refractivity contribution in [1.29, 1.82) is 5.26 Å². The first-order chi connectivity index (χ1) is 14.3. The van der Waals surface area contributed by atoms with Gasteiger partial charge in [0.25, 0.3) is 0 Å². The summed E-state index contributed by atoms with van der Waals surface area (Å²) in [7, 11) is 0. The first-order valence-electron chi connectivity index (χ1n) is 10.7. The van der Waals surface area contributed by atoms with Gasteiger partial charge in [-0.15, -0.1) is 0 Å². The summed E-state index contributed by atoms with van der Waals surface area (Å²) in [6, 6.07) is 18.5. The van der Waals surface area contributed by atoms with E-state index in [-0.39, 0.29) is 0 Å². The molecule has 1 aliphatic carbocycles. The summed E-state index contributed by atoms with van der Waals surface area (Å²) in [6.45, 7) is 2.30. The summed E-state index contributed by atoms with van der Waals surface area (Å²) >= 11 is 0. The highest BCUT2D eigenvalue weighted by Crippen LogP contribution is 2.38. The normalized spacial score (nSPS) is 18.9. The molecule has 0 unspecified atom stereocenters. The molecule has 0 spiro atoms. The van der Waals surface area contributed by atoms with Crippen molar-refractivity contribution in [2.45, 2.75) is 51.4 Å². The van der Waals surface area contributed by atoms with Crippen molar-refractivity contribution in [2.75, 3.05) is 0 Å². The molecule has 0 radical (unpaired) electrons. The van der Waals surface area contributed by atoms with Crippen molar-refractivity contribution >= 4 is 0 Å². The number of aromatic nitrogens is 2. The molecule has 1 heterocycles. The zero-order valence-electron chi connectivity index (χ0n) is 17.0. The monoisotopic (exact) mass is 381 g/mol. The largest absolute Gasteiger partial charge is 0.236 e. The molecule has 1 aliphatic rings. The molecule has 1 saturated carbocycles. The van der Waals surface area contributed by atoms with Crippen molar-refractivity contribution in [3.8, 4) is 28.6 Å². The molecule has 29 heavy (non-hydrogen) atoms. The van der Waals surface area contributed by atoms with Crippen LogP contribution in [0.2, 0.25) is 0 Å². The fourth-order valence-electron chi connectivity index (χ4n) is 4.46. The molecule has 0 aliphatic heterocycles. The van der Waals surface area contributed by atoms with E-state index in [1.807, 2.05) is 24.5 Å². The van der Waals surface area contributed by atoms with Crippen LogP contribution in [0.1, 0.15) is 62.5 Å². The van der Waals surface area contributed by atoms with E-state index in [1.54, 1.807) is 12.1 Å². The topological polar surface area (TPSA) is 49.6 Å². The molecule has 1 fully saturated rings. The van der Waals surface area contributed by atoms with Gasteiger partial charge in [0.15, 0.2) is 5.82 Å². The van der Waals surface area contributed by atoms with Crippen molar-refractivity contribution in [3.05, 3.63) is 72.1 Å². The highest BCUT2D eigenvalue weighted by molar-refractivity contribution is 5.64. The van der Waals surface area contributed by atoms with Gasteiger partial charge in [-0.1, -0.05) is 44.0 Å². The van der Waals surface area contributed by atoms with E-state index in [0.717, 1.165) is 22.6 Å². The molecule has 0 N–H and O–H groups in total. The van der Waals surface area contributed by atoms with Crippen molar-refractivity contribution in [1.82, 2.24) is 9.97 Å². The van der Waals surface area contributed by atoms with Crippen LogP contribution in [0.3, 0.4) is 0 Å². The fraction of sp³-hybridized carbons (Fsp3) is 0.346. The lowest BCUT2D eigenvalue weighted by Crippen LogP contribution is -2.13. The molecule has 0 bridgehead atoms. The molecule has 2 aromatic carbocycles. The van der Waals surface area contributed by atoms with E-state index < -0.39 is 0 Å². The van der Waals surface area contributed by atoms with Crippen molar-refractivity contribution < 1.29 is 0 Å². The molecule has 3 nitrogen and oxygen atoms in total. The fourth-order valence-corrected chi connectivity index (χ4v) is 4.46. The summed E-state index contributed by atoms with van der Waals surface area (Å²) in [5, 5.41) is 8.92. The molecule has 146 valence electrons. The van der Waals surface area contributed by atoms with E-state index in [2.05, 4.69) is 47.2 Å². The Bertz CT molecular complexity index is 958. The predicted molar refractivity (Wildman–Crippen MR) is 117 cm³/mol. The molecular formula is C26H27N3. The Kier molecular flexibility index (Phi) is 6.00. The minimum atomic E-state index is 0.643. The van der Waals surface area contributed by atoms with E-state index in [0.29, 0.717) is 17.3 Å². The predicted octanol–water partition coefficient (Wildman–Crippen LogP) is 6.76. The quantitative estimate of drug-likeness (QED) is 0.491. The Morgan fingerprint density at radius 3 is 2.03 bits per heavy atom. The van der Waals surface area contributed by atoms with Gasteiger partial charge in [-0.2, -0.15) is 5.26 Å². The third kappa shape index (κ3) is 4.54. The van der Waals surface area contributed by atoms with Gasteiger partial charge in [0.1, 0.15) is 0 Å². The highest BCUT2D eigenvalue weighted by Gasteiger charge is 2.21. The van der Waals surface area contributed by atoms with Crippen LogP contribution in [0.15, 0.2) is 60.9 Å². The molecule has 0 atom stereocenters. The number of nitrogens with zero attached hydrogens (tertiary/aromatic N) is 3. The van der Waals surface area contributed by atoms with Gasteiger partial charge < -0.3 is 0 Å². The highest BCUT2D eigenvalue weighted by atomic mass is 14.9. The average molecular weight is 382 g/mol. The summed E-state index contributed by atoms with van der Waals surface area (Å²) < 4.78 is 0. The van der Waals surface area contributed by atoms with Gasteiger partial charge in [0, 0.05) is 23.5 Å². The zero-order valence-corrected chi connectivity index (χ0v) is 17.0. The second kappa shape index (κ2) is 9.01. The molecule has 0 amide bonds. The smallest absolute Gasteiger partial charge is 0.159 e. The molecule has 1 aromatic heterocycles. The van der Waals surface area contributed by atoms with E-state index in [1.165, 1.54) is 44.1 Å². The van der Waals surface area contributed by atoms with Gasteiger partial charge in [-0.05, 0) is 72.9 Å². The number of rotatable bonds is 5. The number of hydrogen-bond acceptors (Lipinski definition) is 3. The number of nitriles is 1. The third-order valence-electron chi connectivity index (χ3n) is 6.18. The molecular weight excluding hydrogens is 354 g/mol. The summed E-state index contributed by atoms with van der Waals surface area (Å²) in [5.41, 5.74) is 5.22. The Labute approximate surface area is 173 Å². The second-order valence-corrected chi connectivity index (χ2v) is 8.11. The van der Waals surface area contributed by atoms with Crippen LogP contribution in [0.5, 0.6) is 0 Å². The van der Waals surface area contributed by atoms with Crippen LogP contribution in [0, 0.1) is 17.2 Å². The molecule has 4 rings (SSSR count). The lowest BCUT2D eigenvalue weighted by molar-refractivity contribution is 0.308. The third-order valence-corrected chi connectivity index (χ3v) is 6.18. The lowest BCUT2D eigenvalue weighted by Gasteiger charge is -2.28. The van der Waals surface area contributed by atoms with E-state index >= 15 is 0 Å². The van der Waals surface area contributed by atoms with Gasteiger partial charge in [-0.3, -0.25) is 0 Å². The van der Waals surface area contributed by atoms with Crippen molar-refractivity contribution in [3.63, 3.8) is 0 Å². The maximum absolute atomic E-state index is 8.92. The van der Waals surface area contributed by atoms with E-state index in [4.69, 9.17) is 5.26 Å². The maximum atomic E-state index is 8.92. The van der Waals surface area contributed by atoms with Crippen LogP contribution in [-0.4, -0.2) is 9.97 Å². The Morgan fingerprint density at radius 2 is 1.45 bits per heavy atom. The average Bonchev–Trinajstić information content (AvgIpc) is 2.80. The van der Waals surface area contributed by atoms with Crippen LogP contribution >= 0.6 is 0 Å². The van der Waals surface area contributed by atoms with Crippen molar-refractivity contribution in [2.24, 2.45) is 5.92 Å². The second-order valence-electron chi connectivity index (χ2n) is 8.11. The Hall–Kier alpha value is -2.99. The molecule has 3 heteroatoms. The summed E-state index contributed by atoms with van der Waals surface area (Å²) in [6.07, 6.45) is 11.9. The minimum absolute atomic E-state index is 0.643. The first kappa shape index (κ1) is 19.3. The molecule has 3 aromatic rings. The standard InChI is InChI=1S/C26H27N3/c1-2-3-19-4-8-21(9-5-19)22-12-14-23(15-13-22)25-17-28-26(29-18-25)24-10-6-20(16-27)7-11-24/h6-7,10-15,17-19,21H,2-5,8-9H2,1H3/t19-,21-. The van der Waals surface area contributed by atoms with Crippen LogP contribution in [-0.2, 0) is 0 Å². The van der Waals surface area contributed by atoms with Crippen LogP contribution in [0.4, 0.5) is 0 Å².